The van der Waals surface area contributed by atoms with Gasteiger partial charge >= 0.3 is 24.4 Å². The lowest BCUT2D eigenvalue weighted by Crippen LogP contribution is -2.45. The Morgan fingerprint density at radius 2 is 0.692 bits per heavy atom. The molecular formula is C75H99F8N13O20S. The Hall–Kier alpha value is -9.81. The highest BCUT2D eigenvalue weighted by atomic mass is 32.2. The van der Waals surface area contributed by atoms with Crippen LogP contribution in [0, 0.1) is 46.5 Å². The van der Waals surface area contributed by atoms with Gasteiger partial charge in [-0.25, -0.2) is 54.3 Å². The van der Waals surface area contributed by atoms with E-state index in [4.69, 9.17) is 52.9 Å². The SMILES string of the molecule is C.C.C.C.CC(=O)NC[C@H]1CN(c2cc(F)c(N3CCC(=O)CC3)c(F)c2)C(=O)O1.CC(=O)NC[C@H]1CN(c2cc(F)c(N3CCC4(CC3)OCCO4)c(F)c2)C(=O)O1.CS(=O)(=O)OC[C@H]1CN(c2cc(F)c(N3CCC4(CC3)OCCO4)c(F)c2)C(=O)O1.[N-]=[N+]=NC[C@H]1CN(c2cc(F)c(N3CCC4(CC3)OCCO4)c(F)c2)C(=O)O1. The summed E-state index contributed by atoms with van der Waals surface area (Å²) < 4.78 is 199. The number of nitrogens with one attached hydrogen (secondary N) is 2. The van der Waals surface area contributed by atoms with Crippen LogP contribution in [-0.4, -0.2) is 243 Å². The minimum absolute atomic E-state index is 0. The van der Waals surface area contributed by atoms with Crippen molar-refractivity contribution >= 4 is 97.6 Å². The summed E-state index contributed by atoms with van der Waals surface area (Å²) in [5.74, 6) is -8.60. The first-order valence-electron chi connectivity index (χ1n) is 36.5. The lowest BCUT2D eigenvalue weighted by Gasteiger charge is -2.38. The number of carbonyl (C=O) groups is 7. The van der Waals surface area contributed by atoms with E-state index >= 15 is 0 Å². The van der Waals surface area contributed by atoms with Crippen LogP contribution in [0.25, 0.3) is 10.4 Å². The molecule has 4 atom stereocenters. The molecule has 0 radical (unpaired) electrons. The van der Waals surface area contributed by atoms with E-state index in [0.29, 0.717) is 117 Å². The minimum atomic E-state index is -3.70. The molecule has 0 saturated carbocycles. The molecule has 11 saturated heterocycles. The summed E-state index contributed by atoms with van der Waals surface area (Å²) in [6.45, 7) is 8.69. The quantitative estimate of drug-likeness (QED) is 0.0248. The molecule has 6 amide bonds. The van der Waals surface area contributed by atoms with Gasteiger partial charge in [0, 0.05) is 171 Å². The maximum Gasteiger partial charge on any atom is 0.414 e. The number of Topliss-reactive ketones (excluding diaryl/α,β-unsaturated/α-hetero) is 1. The third-order valence-corrected chi connectivity index (χ3v) is 20.9. The van der Waals surface area contributed by atoms with E-state index in [-0.39, 0.29) is 171 Å². The Morgan fingerprint density at radius 3 is 0.957 bits per heavy atom. The third kappa shape index (κ3) is 22.3. The van der Waals surface area contributed by atoms with Gasteiger partial charge in [-0.3, -0.25) is 38.2 Å². The van der Waals surface area contributed by atoms with E-state index in [1.165, 1.54) is 18.7 Å². The van der Waals surface area contributed by atoms with Gasteiger partial charge in [-0.2, -0.15) is 8.42 Å². The summed E-state index contributed by atoms with van der Waals surface area (Å²) in [5, 5.41) is 8.45. The number of carbonyl (C=O) groups excluding carboxylic acids is 7. The van der Waals surface area contributed by atoms with Crippen LogP contribution >= 0.6 is 0 Å². The van der Waals surface area contributed by atoms with Crippen molar-refractivity contribution < 1.29 is 129 Å². The molecule has 2 N–H and O–H groups in total. The average Bonchev–Trinajstić information content (AvgIpc) is 1.78. The van der Waals surface area contributed by atoms with Crippen molar-refractivity contribution in [2.45, 2.75) is 137 Å². The Kier molecular flexibility index (Phi) is 31.4. The second kappa shape index (κ2) is 39.6. The summed E-state index contributed by atoms with van der Waals surface area (Å²) >= 11 is 0. The number of piperidine rings is 4. The van der Waals surface area contributed by atoms with Gasteiger partial charge in [0.25, 0.3) is 10.1 Å². The first-order chi connectivity index (χ1) is 53.9. The fourth-order valence-corrected chi connectivity index (χ4v) is 15.2. The van der Waals surface area contributed by atoms with E-state index in [1.807, 2.05) is 0 Å². The zero-order chi connectivity index (χ0) is 80.7. The molecule has 11 heterocycles. The van der Waals surface area contributed by atoms with Gasteiger partial charge < -0.3 is 77.6 Å². The van der Waals surface area contributed by atoms with E-state index < -0.39 is 123 Å². The second-order valence-electron chi connectivity index (χ2n) is 28.1. The highest BCUT2D eigenvalue weighted by Crippen LogP contribution is 2.42. The number of azide groups is 1. The van der Waals surface area contributed by atoms with Crippen molar-refractivity contribution in [2.75, 3.05) is 190 Å². The number of benzene rings is 4. The number of hydrogen-bond donors (Lipinski definition) is 2. The van der Waals surface area contributed by atoms with Crippen molar-refractivity contribution in [3.05, 3.63) is 106 Å². The Bertz CT molecular complexity index is 4300. The van der Waals surface area contributed by atoms with Gasteiger partial charge in [0.1, 0.15) is 59.6 Å². The van der Waals surface area contributed by atoms with Crippen molar-refractivity contribution in [3.63, 3.8) is 0 Å². The largest absolute Gasteiger partial charge is 0.444 e. The zero-order valence-corrected chi connectivity index (χ0v) is 62.5. The maximum atomic E-state index is 14.8. The van der Waals surface area contributed by atoms with Crippen molar-refractivity contribution in [3.8, 4) is 0 Å². The number of anilines is 8. The van der Waals surface area contributed by atoms with Crippen molar-refractivity contribution in [2.24, 2.45) is 5.11 Å². The number of cyclic esters (lactones) is 4. The standard InChI is InChI=1S/C19H23F2N3O5.C18H22F2N2O7S.C17H19F2N5O4.C17H19F2N3O4.4CH4/c1-12(25)22-10-14-11-24(18(26)29-14)13-8-15(20)17(16(21)9-13)23-4-2-19(3-5-23)27-6-7-28-19;1-30(24,25)28-11-13-10-22(17(23)29-13)12-8-14(19)16(15(20)9-12)21-4-2-18(3-5-21)26-6-7-27-18;18-13-7-11(24-10-12(9-21-22-20)28-16(24)25)8-14(19)15(13)23-3-1-17(2-4-23)26-5-6-27-17;1-10(23)20-8-13-9-22(17(25)26-13)11-6-14(18)16(15(19)7-11)21-4-2-12(24)3-5-21;;;;/h8-9,14H,2-7,10-11H2,1H3,(H,22,25);8-9,13H,2-7,10-11H2,1H3;7-8,12H,1-6,9-10H2;6-7,13H,2-5,8-9H2,1H3,(H,20,23);4*1H4/t14-;13-;12-;13-;;;;/m0100..../s1. The number of hydrogen-bond acceptors (Lipinski definition) is 25. The molecule has 0 aromatic heterocycles. The fraction of sp³-hybridized carbons (Fsp3) is 0.587. The minimum Gasteiger partial charge on any atom is -0.444 e. The molecule has 0 aliphatic carbocycles. The van der Waals surface area contributed by atoms with Gasteiger partial charge in [-0.05, 0) is 5.53 Å². The molecule has 646 valence electrons. The van der Waals surface area contributed by atoms with Crippen molar-refractivity contribution in [1.82, 2.24) is 10.6 Å². The number of rotatable bonds is 17. The van der Waals surface area contributed by atoms with Gasteiger partial charge in [0.2, 0.25) is 11.8 Å². The molecule has 3 spiro atoms. The third-order valence-electron chi connectivity index (χ3n) is 20.3. The van der Waals surface area contributed by atoms with Crippen LogP contribution in [0.2, 0.25) is 0 Å². The first kappa shape index (κ1) is 92.7. The van der Waals surface area contributed by atoms with Crippen LogP contribution in [0.1, 0.15) is 94.9 Å². The van der Waals surface area contributed by atoms with Gasteiger partial charge in [-0.15, -0.1) is 0 Å². The highest BCUT2D eigenvalue weighted by Gasteiger charge is 2.46. The lowest BCUT2D eigenvalue weighted by atomic mass is 10.0. The van der Waals surface area contributed by atoms with Gasteiger partial charge in [0.05, 0.1) is 114 Å². The zero-order valence-electron chi connectivity index (χ0n) is 61.7. The van der Waals surface area contributed by atoms with E-state index in [2.05, 4.69) is 24.8 Å². The molecule has 15 rings (SSSR count). The molecule has 11 aliphatic rings. The normalized spacial score (nSPS) is 22.2. The number of halogens is 8. The second-order valence-corrected chi connectivity index (χ2v) is 29.7. The van der Waals surface area contributed by atoms with Crippen LogP contribution in [0.5, 0.6) is 0 Å². The number of nitrogens with zero attached hydrogens (tertiary/aromatic N) is 11. The summed E-state index contributed by atoms with van der Waals surface area (Å²) in [7, 11) is -3.70. The molecule has 33 nitrogen and oxygen atoms in total. The molecular weight excluding hydrogens is 1590 g/mol. The summed E-state index contributed by atoms with van der Waals surface area (Å²) in [6, 6.07) is 8.78. The summed E-state index contributed by atoms with van der Waals surface area (Å²) in [5.41, 5.74) is 7.91. The Morgan fingerprint density at radius 1 is 0.444 bits per heavy atom. The highest BCUT2D eigenvalue weighted by molar-refractivity contribution is 7.86. The predicted molar refractivity (Wildman–Crippen MR) is 410 cm³/mol. The molecule has 11 fully saturated rings. The van der Waals surface area contributed by atoms with Gasteiger partial charge in [0.15, 0.2) is 63.9 Å². The monoisotopic (exact) mass is 1690 g/mol. The Labute approximate surface area is 671 Å². The van der Waals surface area contributed by atoms with Crippen molar-refractivity contribution in [1.29, 1.82) is 0 Å². The van der Waals surface area contributed by atoms with Gasteiger partial charge in [-0.1, -0.05) is 34.8 Å². The molecule has 42 heteroatoms. The fourth-order valence-electron chi connectivity index (χ4n) is 14.8. The number of ether oxygens (including phenoxy) is 10. The average molecular weight is 1690 g/mol. The van der Waals surface area contributed by atoms with Crippen LogP contribution in [0.3, 0.4) is 0 Å². The topological polar surface area (TPSA) is 354 Å². The van der Waals surface area contributed by atoms with Crippen LogP contribution in [0.15, 0.2) is 53.6 Å². The summed E-state index contributed by atoms with van der Waals surface area (Å²) in [4.78, 5) is 94.8. The lowest BCUT2D eigenvalue weighted by molar-refractivity contribution is -0.169. The van der Waals surface area contributed by atoms with Crippen LogP contribution in [0.4, 0.5) is 99.8 Å². The number of amides is 6. The Balaban J connectivity index is 0.000000193. The molecule has 0 bridgehead atoms. The molecule has 11 aliphatic heterocycles. The number of ketones is 1. The van der Waals surface area contributed by atoms with Crippen LogP contribution in [-0.2, 0) is 76.1 Å². The van der Waals surface area contributed by atoms with E-state index in [0.717, 1.165) is 74.4 Å². The van der Waals surface area contributed by atoms with E-state index in [9.17, 15) is 77.1 Å². The summed E-state index contributed by atoms with van der Waals surface area (Å²) in [6.07, 6.45) is -1.24. The molecule has 4 aromatic rings. The van der Waals surface area contributed by atoms with Crippen LogP contribution < -0.4 is 49.8 Å². The predicted octanol–water partition coefficient (Wildman–Crippen LogP) is 10.5. The molecule has 0 unspecified atom stereocenters. The maximum absolute atomic E-state index is 14.8. The smallest absolute Gasteiger partial charge is 0.414 e. The first-order valence-corrected chi connectivity index (χ1v) is 38.3. The van der Waals surface area contributed by atoms with E-state index in [1.54, 1.807) is 14.7 Å². The molecule has 117 heavy (non-hydrogen) atoms. The molecule has 4 aromatic carbocycles.